The van der Waals surface area contributed by atoms with Crippen LogP contribution in [-0.2, 0) is 7.05 Å². The maximum absolute atomic E-state index is 2.16. The van der Waals surface area contributed by atoms with E-state index in [0.717, 1.165) is 0 Å². The van der Waals surface area contributed by atoms with Crippen LogP contribution in [0.25, 0.3) is 10.8 Å². The molecule has 1 heterocycles. The average Bonchev–Trinajstić information content (AvgIpc) is 2.12. The van der Waals surface area contributed by atoms with Crippen LogP contribution < -0.4 is 28.5 Å². The van der Waals surface area contributed by atoms with Crippen LogP contribution in [0.15, 0.2) is 36.5 Å². The summed E-state index contributed by atoms with van der Waals surface area (Å²) in [6.07, 6.45) is 2.09. The quantitative estimate of drug-likeness (QED) is 0.431. The van der Waals surface area contributed by atoms with E-state index in [1.807, 2.05) is 0 Å². The smallest absolute Gasteiger partial charge is 0.185 e. The Morgan fingerprint density at radius 2 is 1.77 bits per heavy atom. The van der Waals surface area contributed by atoms with Gasteiger partial charge in [0.05, 0.1) is 0 Å². The molecule has 2 aromatic rings. The van der Waals surface area contributed by atoms with Crippen LogP contribution in [-0.4, -0.2) is 0 Å². The Hall–Kier alpha value is -0.640. The van der Waals surface area contributed by atoms with E-state index in [0.29, 0.717) is 0 Å². The van der Waals surface area contributed by atoms with Crippen molar-refractivity contribution in [1.29, 1.82) is 0 Å². The van der Waals surface area contributed by atoms with Gasteiger partial charge >= 0.3 is 0 Å². The third kappa shape index (κ3) is 1.82. The van der Waals surface area contributed by atoms with Gasteiger partial charge < -0.3 is 24.0 Å². The van der Waals surface area contributed by atoms with E-state index in [9.17, 15) is 0 Å². The molecule has 2 heteroatoms. The van der Waals surface area contributed by atoms with Crippen LogP contribution in [0.2, 0.25) is 0 Å². The molecule has 0 aliphatic heterocycles. The van der Waals surface area contributed by atoms with Crippen molar-refractivity contribution in [3.63, 3.8) is 0 Å². The predicted molar refractivity (Wildman–Crippen MR) is 49.9 cm³/mol. The summed E-state index contributed by atoms with van der Waals surface area (Å²) < 4.78 is 2.14. The van der Waals surface area contributed by atoms with E-state index >= 15 is 0 Å². The van der Waals surface area contributed by atoms with Gasteiger partial charge in [-0.2, -0.15) is 0 Å². The van der Waals surface area contributed by atoms with Crippen molar-refractivity contribution in [3.8, 4) is 0 Å². The Morgan fingerprint density at radius 3 is 2.54 bits per heavy atom. The molecule has 0 amide bonds. The summed E-state index contributed by atoms with van der Waals surface area (Å²) in [4.78, 5) is 0. The molecule has 13 heavy (non-hydrogen) atoms. The van der Waals surface area contributed by atoms with Crippen molar-refractivity contribution >= 4 is 10.8 Å². The number of hydrogen-bond acceptors (Lipinski definition) is 0. The molecule has 0 unspecified atom stereocenters. The second-order valence-electron chi connectivity index (χ2n) is 3.10. The highest BCUT2D eigenvalue weighted by atomic mass is 127. The molecule has 1 nitrogen and oxygen atoms in total. The van der Waals surface area contributed by atoms with Crippen molar-refractivity contribution < 1.29 is 28.5 Å². The lowest BCUT2D eigenvalue weighted by Crippen LogP contribution is -3.00. The van der Waals surface area contributed by atoms with Crippen LogP contribution in [0.4, 0.5) is 0 Å². The first-order valence-corrected chi connectivity index (χ1v) is 4.13. The highest BCUT2D eigenvalue weighted by molar-refractivity contribution is 5.82. The molecule has 0 saturated carbocycles. The number of hydrogen-bond donors (Lipinski definition) is 0. The number of fused-ring (bicyclic) bond motifs is 1. The summed E-state index contributed by atoms with van der Waals surface area (Å²) in [6.45, 7) is 2.14. The number of pyridine rings is 1. The molecule has 0 fully saturated rings. The number of aromatic nitrogens is 1. The van der Waals surface area contributed by atoms with Gasteiger partial charge in [-0.3, -0.25) is 0 Å². The third-order valence-electron chi connectivity index (χ3n) is 2.36. The molecule has 2 rings (SSSR count). The highest BCUT2D eigenvalue weighted by Gasteiger charge is 2.04. The lowest BCUT2D eigenvalue weighted by atomic mass is 10.1. The Labute approximate surface area is 95.4 Å². The number of nitrogens with zero attached hydrogens (tertiary/aromatic N) is 1. The number of benzene rings is 1. The molecule has 0 aliphatic rings. The molecule has 0 atom stereocenters. The second kappa shape index (κ2) is 4.05. The van der Waals surface area contributed by atoms with Crippen LogP contribution >= 0.6 is 0 Å². The fourth-order valence-corrected chi connectivity index (χ4v) is 1.47. The molecule has 1 aromatic carbocycles. The fraction of sp³-hybridized carbons (Fsp3) is 0.182. The van der Waals surface area contributed by atoms with Crippen molar-refractivity contribution in [2.75, 3.05) is 0 Å². The van der Waals surface area contributed by atoms with Crippen LogP contribution in [0, 0.1) is 6.92 Å². The third-order valence-corrected chi connectivity index (χ3v) is 2.36. The normalized spacial score (nSPS) is 9.69. The Balaban J connectivity index is 0.000000845. The van der Waals surface area contributed by atoms with Gasteiger partial charge in [0.2, 0.25) is 0 Å². The van der Waals surface area contributed by atoms with Gasteiger partial charge in [0.25, 0.3) is 0 Å². The van der Waals surface area contributed by atoms with E-state index in [1.54, 1.807) is 0 Å². The van der Waals surface area contributed by atoms with E-state index in [1.165, 1.54) is 16.5 Å². The van der Waals surface area contributed by atoms with Crippen LogP contribution in [0.5, 0.6) is 0 Å². The molecular weight excluding hydrogens is 273 g/mol. The average molecular weight is 285 g/mol. The number of rotatable bonds is 0. The topological polar surface area (TPSA) is 3.88 Å². The zero-order valence-corrected chi connectivity index (χ0v) is 9.95. The van der Waals surface area contributed by atoms with Crippen molar-refractivity contribution in [1.82, 2.24) is 0 Å². The molecule has 1 aromatic heterocycles. The van der Waals surface area contributed by atoms with E-state index < -0.39 is 0 Å². The largest absolute Gasteiger partial charge is 1.00 e. The van der Waals surface area contributed by atoms with Gasteiger partial charge in [-0.05, 0) is 11.5 Å². The summed E-state index contributed by atoms with van der Waals surface area (Å²) >= 11 is 0. The second-order valence-corrected chi connectivity index (χ2v) is 3.10. The maximum Gasteiger partial charge on any atom is 0.185 e. The SMILES string of the molecule is Cc1c2ccccc2cc[n+]1C.[I-]. The molecule has 68 valence electrons. The lowest BCUT2D eigenvalue weighted by Gasteiger charge is -1.98. The van der Waals surface area contributed by atoms with E-state index in [-0.39, 0.29) is 24.0 Å². The minimum absolute atomic E-state index is 0. The standard InChI is InChI=1S/C11H12N.HI/c1-9-11-6-4-3-5-10(11)7-8-12(9)2;/h3-8H,1-2H3;1H/q+1;/p-1. The summed E-state index contributed by atoms with van der Waals surface area (Å²) in [6, 6.07) is 10.6. The molecule has 0 radical (unpaired) electrons. The zero-order chi connectivity index (χ0) is 8.55. The predicted octanol–water partition coefficient (Wildman–Crippen LogP) is -1.02. The van der Waals surface area contributed by atoms with E-state index in [2.05, 4.69) is 55.1 Å². The van der Waals surface area contributed by atoms with Gasteiger partial charge in [-0.15, -0.1) is 0 Å². The van der Waals surface area contributed by atoms with Crippen molar-refractivity contribution in [3.05, 3.63) is 42.2 Å². The minimum Gasteiger partial charge on any atom is -1.00 e. The molecule has 0 N–H and O–H groups in total. The minimum atomic E-state index is 0. The number of aryl methyl sites for hydroxylation is 2. The first-order chi connectivity index (χ1) is 5.79. The van der Waals surface area contributed by atoms with Crippen LogP contribution in [0.1, 0.15) is 5.69 Å². The molecule has 0 aliphatic carbocycles. The summed E-state index contributed by atoms with van der Waals surface area (Å²) in [5.41, 5.74) is 1.31. The Morgan fingerprint density at radius 1 is 1.08 bits per heavy atom. The fourth-order valence-electron chi connectivity index (χ4n) is 1.47. The molecule has 0 spiro atoms. The van der Waals surface area contributed by atoms with E-state index in [4.69, 9.17) is 0 Å². The van der Waals surface area contributed by atoms with Gasteiger partial charge in [-0.25, -0.2) is 4.57 Å². The van der Waals surface area contributed by atoms with Crippen LogP contribution in [0.3, 0.4) is 0 Å². The lowest BCUT2D eigenvalue weighted by molar-refractivity contribution is -0.676. The molecule has 0 bridgehead atoms. The molecule has 0 saturated heterocycles. The summed E-state index contributed by atoms with van der Waals surface area (Å²) in [7, 11) is 2.07. The summed E-state index contributed by atoms with van der Waals surface area (Å²) in [5.74, 6) is 0. The first kappa shape index (κ1) is 10.4. The maximum atomic E-state index is 2.16. The van der Waals surface area contributed by atoms with Gasteiger partial charge in [0.15, 0.2) is 11.9 Å². The highest BCUT2D eigenvalue weighted by Crippen LogP contribution is 2.13. The van der Waals surface area contributed by atoms with Crippen molar-refractivity contribution in [2.24, 2.45) is 7.05 Å². The first-order valence-electron chi connectivity index (χ1n) is 4.13. The number of halogens is 1. The summed E-state index contributed by atoms with van der Waals surface area (Å²) in [5, 5.41) is 2.65. The molecular formula is C11H12IN. The van der Waals surface area contributed by atoms with Gasteiger partial charge in [-0.1, -0.05) is 18.2 Å². The zero-order valence-electron chi connectivity index (χ0n) is 7.79. The van der Waals surface area contributed by atoms with Crippen molar-refractivity contribution in [2.45, 2.75) is 6.92 Å². The Bertz CT molecular complexity index is 423. The Kier molecular flexibility index (Phi) is 3.25. The monoisotopic (exact) mass is 285 g/mol. The van der Waals surface area contributed by atoms with Gasteiger partial charge in [0, 0.05) is 18.4 Å². The van der Waals surface area contributed by atoms with Gasteiger partial charge in [0.1, 0.15) is 7.05 Å².